The molecule has 0 spiro atoms. The molecule has 0 radical (unpaired) electrons. The molecule has 160 valence electrons. The molecule has 0 N–H and O–H groups in total. The lowest BCUT2D eigenvalue weighted by atomic mass is 10.0. The van der Waals surface area contributed by atoms with Gasteiger partial charge in [0.25, 0.3) is 0 Å². The van der Waals surface area contributed by atoms with E-state index in [4.69, 9.17) is 9.47 Å². The SMILES string of the molecule is CC(C)c1ccc(COC(=O)/C=C/c2ccc(S(=O)(=O)N3CCOCC3)cc2)cc1. The first kappa shape index (κ1) is 22.2. The molecule has 0 bridgehead atoms. The van der Waals surface area contributed by atoms with E-state index in [0.29, 0.717) is 37.8 Å². The minimum atomic E-state index is -3.52. The van der Waals surface area contributed by atoms with E-state index in [1.807, 2.05) is 24.3 Å². The van der Waals surface area contributed by atoms with Gasteiger partial charge in [-0.05, 0) is 40.8 Å². The van der Waals surface area contributed by atoms with E-state index < -0.39 is 16.0 Å². The summed E-state index contributed by atoms with van der Waals surface area (Å²) in [5.41, 5.74) is 2.89. The standard InChI is InChI=1S/C23H27NO5S/c1-18(2)21-8-3-20(4-9-21)17-29-23(25)12-7-19-5-10-22(11-6-19)30(26,27)24-13-15-28-16-14-24/h3-12,18H,13-17H2,1-2H3/b12-7+. The Labute approximate surface area is 178 Å². The molecule has 1 heterocycles. The van der Waals surface area contributed by atoms with Crippen LogP contribution >= 0.6 is 0 Å². The Morgan fingerprint density at radius 2 is 1.70 bits per heavy atom. The first-order chi connectivity index (χ1) is 14.4. The molecule has 0 saturated carbocycles. The van der Waals surface area contributed by atoms with Gasteiger partial charge in [-0.15, -0.1) is 0 Å². The monoisotopic (exact) mass is 429 g/mol. The third kappa shape index (κ3) is 5.78. The van der Waals surface area contributed by atoms with E-state index in [0.717, 1.165) is 5.56 Å². The van der Waals surface area contributed by atoms with Crippen molar-refractivity contribution in [3.05, 3.63) is 71.3 Å². The number of benzene rings is 2. The van der Waals surface area contributed by atoms with Gasteiger partial charge >= 0.3 is 5.97 Å². The predicted octanol–water partition coefficient (Wildman–Crippen LogP) is 3.59. The average molecular weight is 430 g/mol. The van der Waals surface area contributed by atoms with Crippen molar-refractivity contribution in [1.29, 1.82) is 0 Å². The van der Waals surface area contributed by atoms with E-state index >= 15 is 0 Å². The Bertz CT molecular complexity index is 973. The molecule has 6 nitrogen and oxygen atoms in total. The summed E-state index contributed by atoms with van der Waals surface area (Å²) in [5.74, 6) is 0.00716. The van der Waals surface area contributed by atoms with Crippen molar-refractivity contribution in [1.82, 2.24) is 4.31 Å². The summed E-state index contributed by atoms with van der Waals surface area (Å²) in [6.45, 7) is 5.99. The highest BCUT2D eigenvalue weighted by Gasteiger charge is 2.25. The molecular formula is C23H27NO5S. The number of carbonyl (C=O) groups excluding carboxylic acids is 1. The van der Waals surface area contributed by atoms with Crippen LogP contribution in [0, 0.1) is 0 Å². The van der Waals surface area contributed by atoms with E-state index in [1.54, 1.807) is 30.3 Å². The molecule has 0 aromatic heterocycles. The van der Waals surface area contributed by atoms with Gasteiger partial charge in [0.15, 0.2) is 0 Å². The third-order valence-electron chi connectivity index (χ3n) is 4.93. The molecule has 3 rings (SSSR count). The van der Waals surface area contributed by atoms with Crippen molar-refractivity contribution in [3.63, 3.8) is 0 Å². The van der Waals surface area contributed by atoms with Crippen molar-refractivity contribution in [2.75, 3.05) is 26.3 Å². The van der Waals surface area contributed by atoms with Crippen LogP contribution in [0.1, 0.15) is 36.5 Å². The first-order valence-corrected chi connectivity index (χ1v) is 11.4. The Morgan fingerprint density at radius 1 is 1.07 bits per heavy atom. The van der Waals surface area contributed by atoms with Crippen LogP contribution in [0.15, 0.2) is 59.5 Å². The fourth-order valence-corrected chi connectivity index (χ4v) is 4.46. The van der Waals surface area contributed by atoms with Crippen molar-refractivity contribution in [2.45, 2.75) is 31.3 Å². The Kier molecular flexibility index (Phi) is 7.42. The number of ether oxygens (including phenoxy) is 2. The zero-order valence-corrected chi connectivity index (χ0v) is 18.1. The second kappa shape index (κ2) is 10.0. The fourth-order valence-electron chi connectivity index (χ4n) is 3.05. The maximum atomic E-state index is 12.6. The van der Waals surface area contributed by atoms with Crippen LogP contribution in [0.5, 0.6) is 0 Å². The molecular weight excluding hydrogens is 402 g/mol. The summed E-state index contributed by atoms with van der Waals surface area (Å²) in [6.07, 6.45) is 2.95. The number of carbonyl (C=O) groups is 1. The van der Waals surface area contributed by atoms with Gasteiger partial charge in [-0.3, -0.25) is 0 Å². The summed E-state index contributed by atoms with van der Waals surface area (Å²) in [7, 11) is -3.52. The maximum Gasteiger partial charge on any atom is 0.331 e. The first-order valence-electron chi connectivity index (χ1n) is 9.98. The topological polar surface area (TPSA) is 72.9 Å². The van der Waals surface area contributed by atoms with Crippen molar-refractivity contribution in [2.24, 2.45) is 0 Å². The molecule has 0 unspecified atom stereocenters. The predicted molar refractivity (Wildman–Crippen MR) is 115 cm³/mol. The van der Waals surface area contributed by atoms with Gasteiger partial charge in [0, 0.05) is 19.2 Å². The van der Waals surface area contributed by atoms with Gasteiger partial charge < -0.3 is 9.47 Å². The van der Waals surface area contributed by atoms with Gasteiger partial charge in [0.1, 0.15) is 6.61 Å². The maximum absolute atomic E-state index is 12.6. The quantitative estimate of drug-likeness (QED) is 0.497. The number of nitrogens with zero attached hydrogens (tertiary/aromatic N) is 1. The van der Waals surface area contributed by atoms with Crippen molar-refractivity contribution >= 4 is 22.1 Å². The lowest BCUT2D eigenvalue weighted by molar-refractivity contribution is -0.138. The molecule has 2 aromatic carbocycles. The fraction of sp³-hybridized carbons (Fsp3) is 0.348. The van der Waals surface area contributed by atoms with Crippen molar-refractivity contribution in [3.8, 4) is 0 Å². The van der Waals surface area contributed by atoms with Gasteiger partial charge in [0.2, 0.25) is 10.0 Å². The van der Waals surface area contributed by atoms with Gasteiger partial charge in [-0.25, -0.2) is 13.2 Å². The number of esters is 1. The van der Waals surface area contributed by atoms with Crippen LogP contribution in [0.2, 0.25) is 0 Å². The summed E-state index contributed by atoms with van der Waals surface area (Å²) >= 11 is 0. The second-order valence-electron chi connectivity index (χ2n) is 7.42. The molecule has 0 aliphatic carbocycles. The summed E-state index contributed by atoms with van der Waals surface area (Å²) in [6, 6.07) is 14.4. The average Bonchev–Trinajstić information content (AvgIpc) is 2.77. The highest BCUT2D eigenvalue weighted by molar-refractivity contribution is 7.89. The van der Waals surface area contributed by atoms with Crippen LogP contribution in [-0.4, -0.2) is 45.0 Å². The lowest BCUT2D eigenvalue weighted by Gasteiger charge is -2.26. The lowest BCUT2D eigenvalue weighted by Crippen LogP contribution is -2.40. The number of sulfonamides is 1. The van der Waals surface area contributed by atoms with Crippen LogP contribution in [0.4, 0.5) is 0 Å². The van der Waals surface area contributed by atoms with E-state index in [1.165, 1.54) is 15.9 Å². The minimum absolute atomic E-state index is 0.207. The molecule has 30 heavy (non-hydrogen) atoms. The van der Waals surface area contributed by atoms with Crippen LogP contribution in [0.25, 0.3) is 6.08 Å². The molecule has 2 aromatic rings. The summed E-state index contributed by atoms with van der Waals surface area (Å²) < 4.78 is 37.1. The van der Waals surface area contributed by atoms with Gasteiger partial charge in [-0.1, -0.05) is 50.2 Å². The van der Waals surface area contributed by atoms with Crippen LogP contribution in [0.3, 0.4) is 0 Å². The van der Waals surface area contributed by atoms with Crippen molar-refractivity contribution < 1.29 is 22.7 Å². The third-order valence-corrected chi connectivity index (χ3v) is 6.84. The smallest absolute Gasteiger partial charge is 0.331 e. The van der Waals surface area contributed by atoms with Gasteiger partial charge in [-0.2, -0.15) is 4.31 Å². The zero-order valence-electron chi connectivity index (χ0n) is 17.3. The molecule has 0 atom stereocenters. The molecule has 1 aliphatic rings. The Morgan fingerprint density at radius 3 is 2.30 bits per heavy atom. The molecule has 1 saturated heterocycles. The second-order valence-corrected chi connectivity index (χ2v) is 9.36. The van der Waals surface area contributed by atoms with Crippen LogP contribution in [-0.2, 0) is 30.9 Å². The Hall–Kier alpha value is -2.48. The minimum Gasteiger partial charge on any atom is -0.458 e. The van der Waals surface area contributed by atoms with E-state index in [9.17, 15) is 13.2 Å². The number of rotatable bonds is 7. The molecule has 0 amide bonds. The molecule has 1 fully saturated rings. The largest absolute Gasteiger partial charge is 0.458 e. The molecule has 7 heteroatoms. The number of morpholine rings is 1. The normalized spacial score (nSPS) is 15.6. The summed E-state index contributed by atoms with van der Waals surface area (Å²) in [4.78, 5) is 12.2. The highest BCUT2D eigenvalue weighted by atomic mass is 32.2. The number of hydrogen-bond acceptors (Lipinski definition) is 5. The highest BCUT2D eigenvalue weighted by Crippen LogP contribution is 2.18. The molecule has 1 aliphatic heterocycles. The van der Waals surface area contributed by atoms with E-state index in [2.05, 4.69) is 13.8 Å². The van der Waals surface area contributed by atoms with E-state index in [-0.39, 0.29) is 11.5 Å². The zero-order chi connectivity index (χ0) is 21.6. The summed E-state index contributed by atoms with van der Waals surface area (Å²) in [5, 5.41) is 0. The van der Waals surface area contributed by atoms with Crippen LogP contribution < -0.4 is 0 Å². The Balaban J connectivity index is 1.54. The number of hydrogen-bond donors (Lipinski definition) is 0. The van der Waals surface area contributed by atoms with Gasteiger partial charge in [0.05, 0.1) is 18.1 Å².